The van der Waals surface area contributed by atoms with Crippen molar-refractivity contribution in [2.75, 3.05) is 16.8 Å². The number of amides is 2. The first kappa shape index (κ1) is 19.3. The smallest absolute Gasteiger partial charge is 0.240 e. The second kappa shape index (κ2) is 7.67. The molecule has 0 radical (unpaired) electrons. The van der Waals surface area contributed by atoms with Crippen molar-refractivity contribution in [3.63, 3.8) is 0 Å². The number of nitrogens with zero attached hydrogens (tertiary/aromatic N) is 1. The zero-order valence-electron chi connectivity index (χ0n) is 14.5. The number of halogens is 1. The highest BCUT2D eigenvalue weighted by Crippen LogP contribution is 2.24. The molecule has 1 fully saturated rings. The van der Waals surface area contributed by atoms with Crippen molar-refractivity contribution < 1.29 is 18.0 Å². The van der Waals surface area contributed by atoms with Crippen LogP contribution in [0, 0.1) is 0 Å². The van der Waals surface area contributed by atoms with Crippen molar-refractivity contribution in [3.05, 3.63) is 53.6 Å². The van der Waals surface area contributed by atoms with Crippen LogP contribution in [0.4, 0.5) is 11.4 Å². The summed E-state index contributed by atoms with van der Waals surface area (Å²) < 4.78 is 27.7. The van der Waals surface area contributed by atoms with Crippen molar-refractivity contribution in [2.45, 2.75) is 24.3 Å². The van der Waals surface area contributed by atoms with Gasteiger partial charge in [0, 0.05) is 42.3 Å². The second-order valence-electron chi connectivity index (χ2n) is 6.21. The molecule has 0 unspecified atom stereocenters. The molecule has 1 atom stereocenters. The van der Waals surface area contributed by atoms with Crippen LogP contribution in [0.15, 0.2) is 53.4 Å². The van der Waals surface area contributed by atoms with Crippen LogP contribution in [-0.4, -0.2) is 32.8 Å². The molecule has 1 aliphatic heterocycles. The van der Waals surface area contributed by atoms with Gasteiger partial charge in [-0.1, -0.05) is 11.6 Å². The van der Waals surface area contributed by atoms with Gasteiger partial charge in [0.15, 0.2) is 0 Å². The number of hydrogen-bond acceptors (Lipinski definition) is 4. The lowest BCUT2D eigenvalue weighted by Crippen LogP contribution is -2.37. The molecule has 9 heteroatoms. The average molecular weight is 408 g/mol. The van der Waals surface area contributed by atoms with E-state index >= 15 is 0 Å². The molecule has 1 saturated heterocycles. The van der Waals surface area contributed by atoms with Crippen molar-refractivity contribution >= 4 is 44.8 Å². The molecule has 2 amide bonds. The first-order valence-electron chi connectivity index (χ1n) is 8.20. The van der Waals surface area contributed by atoms with Gasteiger partial charge in [-0.2, -0.15) is 0 Å². The van der Waals surface area contributed by atoms with E-state index < -0.39 is 16.1 Å². The maximum absolute atomic E-state index is 12.6. The highest BCUT2D eigenvalue weighted by molar-refractivity contribution is 7.89. The van der Waals surface area contributed by atoms with E-state index in [4.69, 9.17) is 11.6 Å². The molecular weight excluding hydrogens is 390 g/mol. The van der Waals surface area contributed by atoms with Crippen LogP contribution < -0.4 is 14.9 Å². The molecule has 0 aromatic heterocycles. The lowest BCUT2D eigenvalue weighted by Gasteiger charge is -2.17. The van der Waals surface area contributed by atoms with E-state index in [1.807, 2.05) is 0 Å². The van der Waals surface area contributed by atoms with E-state index in [-0.39, 0.29) is 29.7 Å². The number of carbonyl (C=O) groups excluding carboxylic acids is 2. The van der Waals surface area contributed by atoms with Gasteiger partial charge in [0.25, 0.3) is 0 Å². The van der Waals surface area contributed by atoms with Crippen LogP contribution in [0.1, 0.15) is 13.3 Å². The zero-order valence-corrected chi connectivity index (χ0v) is 16.0. The molecule has 0 saturated carbocycles. The quantitative estimate of drug-likeness (QED) is 0.795. The zero-order chi connectivity index (χ0) is 19.6. The van der Waals surface area contributed by atoms with Crippen LogP contribution in [0.25, 0.3) is 0 Å². The highest BCUT2D eigenvalue weighted by Gasteiger charge is 2.33. The number of hydrogen-bond donors (Lipinski definition) is 2. The first-order valence-corrected chi connectivity index (χ1v) is 10.1. The molecule has 0 aliphatic carbocycles. The largest absolute Gasteiger partial charge is 0.326 e. The van der Waals surface area contributed by atoms with Crippen LogP contribution >= 0.6 is 11.6 Å². The Morgan fingerprint density at radius 2 is 1.74 bits per heavy atom. The van der Waals surface area contributed by atoms with E-state index in [2.05, 4.69) is 10.0 Å². The number of sulfonamides is 1. The molecule has 0 spiro atoms. The normalized spacial score (nSPS) is 17.2. The number of rotatable bonds is 5. The summed E-state index contributed by atoms with van der Waals surface area (Å²) in [5, 5.41) is 3.14. The number of nitrogens with one attached hydrogen (secondary N) is 2. The Bertz CT molecular complexity index is 959. The predicted molar refractivity (Wildman–Crippen MR) is 103 cm³/mol. The van der Waals surface area contributed by atoms with Crippen molar-refractivity contribution in [3.8, 4) is 0 Å². The summed E-state index contributed by atoms with van der Waals surface area (Å²) in [7, 11) is -3.79. The fourth-order valence-corrected chi connectivity index (χ4v) is 4.22. The SMILES string of the molecule is CC(=O)Nc1ccc(S(=O)(=O)N[C@@H]2CC(=O)N(c3ccc(Cl)cc3)C2)cc1. The molecular formula is C18H18ClN3O4S. The summed E-state index contributed by atoms with van der Waals surface area (Å²) >= 11 is 5.86. The number of benzene rings is 2. The third kappa shape index (κ3) is 4.65. The van der Waals surface area contributed by atoms with Gasteiger partial charge in [-0.05, 0) is 48.5 Å². The maximum atomic E-state index is 12.6. The molecule has 2 N–H and O–H groups in total. The van der Waals surface area contributed by atoms with Gasteiger partial charge in [0.2, 0.25) is 21.8 Å². The van der Waals surface area contributed by atoms with Gasteiger partial charge >= 0.3 is 0 Å². The van der Waals surface area contributed by atoms with Gasteiger partial charge in [-0.25, -0.2) is 13.1 Å². The summed E-state index contributed by atoms with van der Waals surface area (Å²) in [5.41, 5.74) is 1.18. The minimum atomic E-state index is -3.79. The molecule has 0 bridgehead atoms. The fraction of sp³-hybridized carbons (Fsp3) is 0.222. The van der Waals surface area contributed by atoms with E-state index in [1.165, 1.54) is 36.1 Å². The minimum Gasteiger partial charge on any atom is -0.326 e. The Hall–Kier alpha value is -2.42. The summed E-state index contributed by atoms with van der Waals surface area (Å²) in [6.07, 6.45) is 0.0752. The van der Waals surface area contributed by atoms with Crippen LogP contribution in [0.5, 0.6) is 0 Å². The average Bonchev–Trinajstić information content (AvgIpc) is 2.95. The van der Waals surface area contributed by atoms with Crippen molar-refractivity contribution in [1.82, 2.24) is 4.72 Å². The third-order valence-electron chi connectivity index (χ3n) is 4.07. The van der Waals surface area contributed by atoms with Crippen molar-refractivity contribution in [2.24, 2.45) is 0 Å². The van der Waals surface area contributed by atoms with Crippen LogP contribution in [-0.2, 0) is 19.6 Å². The monoisotopic (exact) mass is 407 g/mol. The van der Waals surface area contributed by atoms with Crippen LogP contribution in [0.3, 0.4) is 0 Å². The molecule has 3 rings (SSSR count). The number of anilines is 2. The van der Waals surface area contributed by atoms with Gasteiger partial charge in [0.05, 0.1) is 4.90 Å². The van der Waals surface area contributed by atoms with Gasteiger partial charge in [-0.3, -0.25) is 9.59 Å². The molecule has 1 heterocycles. The Labute approximate surface area is 162 Å². The molecule has 1 aliphatic rings. The molecule has 2 aromatic rings. The Balaban J connectivity index is 1.70. The predicted octanol–water partition coefficient (Wildman–Crippen LogP) is 2.38. The molecule has 27 heavy (non-hydrogen) atoms. The maximum Gasteiger partial charge on any atom is 0.240 e. The summed E-state index contributed by atoms with van der Waals surface area (Å²) in [6, 6.07) is 12.1. The van der Waals surface area contributed by atoms with E-state index in [0.717, 1.165) is 0 Å². The Morgan fingerprint density at radius 3 is 2.33 bits per heavy atom. The topological polar surface area (TPSA) is 95.6 Å². The number of carbonyl (C=O) groups is 2. The van der Waals surface area contributed by atoms with E-state index in [1.54, 1.807) is 24.3 Å². The summed E-state index contributed by atoms with van der Waals surface area (Å²) in [4.78, 5) is 24.9. The second-order valence-corrected chi connectivity index (χ2v) is 8.36. The molecule has 2 aromatic carbocycles. The minimum absolute atomic E-state index is 0.0639. The molecule has 142 valence electrons. The van der Waals surface area contributed by atoms with Crippen molar-refractivity contribution in [1.29, 1.82) is 0 Å². The van der Waals surface area contributed by atoms with E-state index in [9.17, 15) is 18.0 Å². The Kier molecular flexibility index (Phi) is 5.50. The fourth-order valence-electron chi connectivity index (χ4n) is 2.87. The van der Waals surface area contributed by atoms with Gasteiger partial charge < -0.3 is 10.2 Å². The van der Waals surface area contributed by atoms with Gasteiger partial charge in [0.1, 0.15) is 0 Å². The third-order valence-corrected chi connectivity index (χ3v) is 5.86. The van der Waals surface area contributed by atoms with Crippen LogP contribution in [0.2, 0.25) is 5.02 Å². The Morgan fingerprint density at radius 1 is 1.11 bits per heavy atom. The summed E-state index contributed by atoms with van der Waals surface area (Å²) in [5.74, 6) is -0.401. The molecule has 7 nitrogen and oxygen atoms in total. The van der Waals surface area contributed by atoms with E-state index in [0.29, 0.717) is 16.4 Å². The highest BCUT2D eigenvalue weighted by atomic mass is 35.5. The summed E-state index contributed by atoms with van der Waals surface area (Å²) in [6.45, 7) is 1.61. The standard InChI is InChI=1S/C18H18ClN3O4S/c1-12(23)20-14-4-8-17(9-5-14)27(25,26)21-15-10-18(24)22(11-15)16-6-2-13(19)3-7-16/h2-9,15,21H,10-11H2,1H3,(H,20,23)/t15-/m1/s1. The van der Waals surface area contributed by atoms with Gasteiger partial charge in [-0.15, -0.1) is 0 Å². The first-order chi connectivity index (χ1) is 12.7. The lowest BCUT2D eigenvalue weighted by atomic mass is 10.3. The lowest BCUT2D eigenvalue weighted by molar-refractivity contribution is -0.117.